The molecule has 0 atom stereocenters. The van der Waals surface area contributed by atoms with E-state index in [1.165, 1.54) is 0 Å². The Morgan fingerprint density at radius 3 is 0.629 bits per heavy atom. The maximum absolute atomic E-state index is 13.3. The molecular weight excluding hydrogens is 1530 g/mol. The topological polar surface area (TPSA) is 573 Å². The molecule has 0 amide bonds. The smallest absolute Gasteiger partial charge is 0.744 e. The number of fused-ring (bicyclic) bond motifs is 40. The van der Waals surface area contributed by atoms with E-state index in [0.717, 1.165) is 21.5 Å². The first-order valence-corrected chi connectivity index (χ1v) is 39.0. The number of aromatic amines is 4. The van der Waals surface area contributed by atoms with Crippen LogP contribution in [0.4, 0.5) is 0 Å². The van der Waals surface area contributed by atoms with Gasteiger partial charge in [-0.2, -0.15) is 0 Å². The number of aromatic nitrogens is 16. The molecule has 4 aliphatic heterocycles. The fraction of sp³-hybridized carbons (Fsp3) is 0. The quantitative estimate of drug-likeness (QED) is 0.0685. The van der Waals surface area contributed by atoms with Gasteiger partial charge in [0.25, 0.3) is 0 Å². The van der Waals surface area contributed by atoms with E-state index >= 15 is 0 Å². The summed E-state index contributed by atoms with van der Waals surface area (Å²) in [5.74, 6) is 1.04. The van der Waals surface area contributed by atoms with Crippen LogP contribution in [0.25, 0.3) is 179 Å². The third kappa shape index (κ3) is 11.3. The molecule has 34 nitrogen and oxygen atoms in total. The molecule has 12 N–H and O–H groups in total. The van der Waals surface area contributed by atoms with Gasteiger partial charge < -0.3 is 29.0 Å². The van der Waals surface area contributed by atoms with E-state index < -0.39 is 100 Å². The van der Waals surface area contributed by atoms with Crippen molar-refractivity contribution in [3.05, 3.63) is 158 Å². The van der Waals surface area contributed by atoms with Crippen LogP contribution in [-0.2, 0) is 77.4 Å². The van der Waals surface area contributed by atoms with Crippen molar-refractivity contribution in [1.29, 1.82) is 0 Å². The van der Waals surface area contributed by atoms with Gasteiger partial charge in [-0.1, -0.05) is 146 Å². The maximum Gasteiger partial charge on any atom is 2.00 e. The van der Waals surface area contributed by atoms with Crippen LogP contribution in [0, 0.1) is 0 Å². The summed E-state index contributed by atoms with van der Waals surface area (Å²) in [7, 11) is -32.2. The minimum Gasteiger partial charge on any atom is -0.744 e. The SMILES string of the molecule is NS(=O)(=O)c1c(S(=O)(=O)[O-])cc2c3nc4nc(nc5[nH]c(nc6nc(nc([nH]3)c2c1S(N)(=O)=O)-c1ccccc1-6)c1ccccc51)-c1ccccc1-4.NS(=O)(=O)c1c(S(=O)(=O)[O-])cc2c3nc4nc(nc5[nH]c(nc6nc(nc([nH]3)c2c1S(N)(=O)=O)-c1ccccc1-6)c1ccccc51)-c1ccccc1-4.[Cu+2]. The molecule has 525 valence electrons. The van der Waals surface area contributed by atoms with Crippen LogP contribution in [0.2, 0.25) is 0 Å². The number of hydrogen-bond acceptors (Lipinski definition) is 26. The van der Waals surface area contributed by atoms with Crippen molar-refractivity contribution < 1.29 is 76.7 Å². The van der Waals surface area contributed by atoms with Gasteiger partial charge in [0.15, 0.2) is 46.6 Å². The summed E-state index contributed by atoms with van der Waals surface area (Å²) >= 11 is 0. The zero-order valence-corrected chi connectivity index (χ0v) is 58.0. The average Bonchev–Trinajstić information content (AvgIpc) is 1.74. The molecule has 0 fully saturated rings. The number of H-pyrrole nitrogens is 4. The summed E-state index contributed by atoms with van der Waals surface area (Å²) in [6.07, 6.45) is 0. The van der Waals surface area contributed by atoms with Crippen molar-refractivity contribution in [3.8, 4) is 91.1 Å². The minimum atomic E-state index is -5.70. The number of primary sulfonamides is 4. The van der Waals surface area contributed by atoms with Crippen molar-refractivity contribution in [2.75, 3.05) is 0 Å². The van der Waals surface area contributed by atoms with Crippen LogP contribution < -0.4 is 20.6 Å². The molecule has 10 heterocycles. The van der Waals surface area contributed by atoms with E-state index in [-0.39, 0.29) is 97.0 Å². The number of nitrogens with zero attached hydrogens (tertiary/aromatic N) is 12. The van der Waals surface area contributed by atoms with Crippen molar-refractivity contribution in [1.82, 2.24) is 79.7 Å². The first-order valence-electron chi connectivity index (χ1n) is 30.0. The number of sulfonamides is 4. The third-order valence-corrected chi connectivity index (χ3v) is 23.3. The van der Waals surface area contributed by atoms with E-state index in [1.54, 1.807) is 97.1 Å². The van der Waals surface area contributed by atoms with Gasteiger partial charge in [0.2, 0.25) is 40.1 Å². The van der Waals surface area contributed by atoms with Crippen LogP contribution in [0.15, 0.2) is 187 Å². The summed E-state index contributed by atoms with van der Waals surface area (Å²) in [5, 5.41) is 23.1. The van der Waals surface area contributed by atoms with Gasteiger partial charge in [-0.15, -0.1) is 0 Å². The average molecular weight is 1570 g/mol. The van der Waals surface area contributed by atoms with Crippen molar-refractivity contribution in [2.45, 2.75) is 29.4 Å². The second-order valence-corrected chi connectivity index (χ2v) is 32.2. The summed E-state index contributed by atoms with van der Waals surface area (Å²) in [5.41, 5.74) is 4.64. The molecule has 1 radical (unpaired) electrons. The van der Waals surface area contributed by atoms with Crippen LogP contribution >= 0.6 is 0 Å². The molecule has 0 unspecified atom stereocenters. The molecule has 0 aliphatic carbocycles. The molecule has 18 rings (SSSR count). The number of rotatable bonds is 6. The van der Waals surface area contributed by atoms with Gasteiger partial charge in [0.1, 0.15) is 85.0 Å². The predicted molar refractivity (Wildman–Crippen MR) is 374 cm³/mol. The Kier molecular flexibility index (Phi) is 15.4. The van der Waals surface area contributed by atoms with Gasteiger partial charge in [-0.05, 0) is 12.1 Å². The molecule has 4 aliphatic rings. The number of hydrogen-bond donors (Lipinski definition) is 8. The standard InChI is InChI=1S/2C32H20N10O7S3.Cu/c2*33-50(43,44)23-21(52(47,48)49)13-20-22(24(23)51(34,45)46)32-41-30-19-12-6-5-11-18(19)28(39-30)37-26-15-8-2-1-7-14(15)25(35-26)36-27-16-9-3-4-10-17(16)29(38-27)40-31(20)42-32;/h2*1-13H,(H2,33,43,44)(H2,34,45,46)(H,47,48,49)(H2,35,36,37,38,39,40,41,42);/q;;+2/p-2. The fourth-order valence-electron chi connectivity index (χ4n) is 12.9. The Labute approximate surface area is 599 Å². The van der Waals surface area contributed by atoms with Crippen LogP contribution in [-0.4, -0.2) is 139 Å². The van der Waals surface area contributed by atoms with E-state index in [9.17, 15) is 59.6 Å². The minimum absolute atomic E-state index is 0. The third-order valence-electron chi connectivity index (χ3n) is 17.1. The Morgan fingerprint density at radius 1 is 0.248 bits per heavy atom. The molecule has 16 bridgehead atoms. The summed E-state index contributed by atoms with van der Waals surface area (Å²) in [4.78, 5) is 60.3. The number of nitrogens with one attached hydrogen (secondary N) is 4. The molecule has 6 aromatic heterocycles. The van der Waals surface area contributed by atoms with Gasteiger partial charge in [0, 0.05) is 87.6 Å². The Morgan fingerprint density at radius 2 is 0.429 bits per heavy atom. The second kappa shape index (κ2) is 23.7. The normalized spacial score (nSPS) is 12.9. The number of nitrogens with two attached hydrogens (primary N) is 4. The Hall–Kier alpha value is -11.5. The molecule has 14 aromatic rings. The van der Waals surface area contributed by atoms with Crippen molar-refractivity contribution in [2.24, 2.45) is 20.6 Å². The van der Waals surface area contributed by atoms with Crippen LogP contribution in [0.1, 0.15) is 0 Å². The van der Waals surface area contributed by atoms with E-state index in [4.69, 9.17) is 40.5 Å². The van der Waals surface area contributed by atoms with Crippen molar-refractivity contribution in [3.63, 3.8) is 0 Å². The first kappa shape index (κ1) is 67.9. The predicted octanol–water partition coefficient (Wildman–Crippen LogP) is 6.13. The Bertz CT molecular complexity index is 7030. The zero-order valence-electron chi connectivity index (χ0n) is 52.2. The monoisotopic (exact) mass is 1570 g/mol. The molecule has 0 saturated carbocycles. The fourth-order valence-corrected chi connectivity index (χ4v) is 20.0. The van der Waals surface area contributed by atoms with Gasteiger partial charge in [0.05, 0.1) is 9.79 Å². The molecule has 0 saturated heterocycles. The molecule has 105 heavy (non-hydrogen) atoms. The number of benzene rings is 8. The second-order valence-electron chi connectivity index (χ2n) is 23.5. The molecule has 8 aromatic carbocycles. The summed E-state index contributed by atoms with van der Waals surface area (Å²) in [6, 6.07) is 44.0. The van der Waals surface area contributed by atoms with Crippen LogP contribution in [0.3, 0.4) is 0 Å². The summed E-state index contributed by atoms with van der Waals surface area (Å²) < 4.78 is 180. The maximum atomic E-state index is 13.3. The van der Waals surface area contributed by atoms with Crippen LogP contribution in [0.5, 0.6) is 0 Å². The molecule has 41 heteroatoms. The summed E-state index contributed by atoms with van der Waals surface area (Å²) in [6.45, 7) is 0. The van der Waals surface area contributed by atoms with Gasteiger partial charge in [-0.3, -0.25) is 0 Å². The van der Waals surface area contributed by atoms with E-state index in [0.29, 0.717) is 79.2 Å². The molecular formula is C64H38CuN20O14S6. The van der Waals surface area contributed by atoms with E-state index in [1.807, 2.05) is 48.5 Å². The van der Waals surface area contributed by atoms with E-state index in [2.05, 4.69) is 59.8 Å². The van der Waals surface area contributed by atoms with Gasteiger partial charge >= 0.3 is 17.1 Å². The van der Waals surface area contributed by atoms with Crippen molar-refractivity contribution >= 4 is 149 Å². The zero-order chi connectivity index (χ0) is 72.6. The van der Waals surface area contributed by atoms with Gasteiger partial charge in [-0.25, -0.2) is 131 Å². The Balaban J connectivity index is 0.000000160. The molecule has 0 spiro atoms. The first-order chi connectivity index (χ1) is 49.3. The largest absolute Gasteiger partial charge is 2.00 e.